The lowest BCUT2D eigenvalue weighted by atomic mass is 10.0. The zero-order valence-electron chi connectivity index (χ0n) is 9.67. The molecule has 0 aliphatic carbocycles. The summed E-state index contributed by atoms with van der Waals surface area (Å²) < 4.78 is 11.9. The molecule has 0 amide bonds. The second kappa shape index (κ2) is 4.13. The van der Waals surface area contributed by atoms with Crippen LogP contribution < -0.4 is 9.47 Å². The van der Waals surface area contributed by atoms with Crippen molar-refractivity contribution in [2.45, 2.75) is 19.1 Å². The number of ether oxygens (including phenoxy) is 2. The average Bonchev–Trinajstić information content (AvgIpc) is 2.39. The first-order valence-electron chi connectivity index (χ1n) is 5.82. The van der Waals surface area contributed by atoms with Crippen molar-refractivity contribution in [3.8, 4) is 11.5 Å². The largest absolute Gasteiger partial charge is 0.483 e. The molecule has 2 nitrogen and oxygen atoms in total. The van der Waals surface area contributed by atoms with Gasteiger partial charge in [0.25, 0.3) is 0 Å². The average molecular weight is 226 g/mol. The van der Waals surface area contributed by atoms with Crippen molar-refractivity contribution in [1.29, 1.82) is 0 Å². The monoisotopic (exact) mass is 226 g/mol. The Bertz CT molecular complexity index is 507. The molecule has 0 unspecified atom stereocenters. The van der Waals surface area contributed by atoms with Crippen LogP contribution in [0.5, 0.6) is 11.5 Å². The van der Waals surface area contributed by atoms with Crippen molar-refractivity contribution in [3.63, 3.8) is 0 Å². The van der Waals surface area contributed by atoms with E-state index in [1.165, 1.54) is 0 Å². The van der Waals surface area contributed by atoms with E-state index in [1.54, 1.807) is 0 Å². The van der Waals surface area contributed by atoms with Crippen LogP contribution in [0.25, 0.3) is 0 Å². The molecule has 2 aromatic rings. The molecule has 2 atom stereocenters. The number of benzene rings is 2. The van der Waals surface area contributed by atoms with Crippen LogP contribution in [0.2, 0.25) is 0 Å². The summed E-state index contributed by atoms with van der Waals surface area (Å²) in [7, 11) is 0. The van der Waals surface area contributed by atoms with Crippen LogP contribution in [-0.4, -0.2) is 6.10 Å². The first kappa shape index (κ1) is 10.2. The third-order valence-corrected chi connectivity index (χ3v) is 2.97. The van der Waals surface area contributed by atoms with E-state index in [0.29, 0.717) is 0 Å². The van der Waals surface area contributed by atoms with Crippen LogP contribution in [0.3, 0.4) is 0 Å². The van der Waals surface area contributed by atoms with Gasteiger partial charge in [-0.1, -0.05) is 42.5 Å². The topological polar surface area (TPSA) is 18.5 Å². The minimum atomic E-state index is -0.0360. The molecule has 0 saturated carbocycles. The molecular formula is C15H14O2. The highest BCUT2D eigenvalue weighted by atomic mass is 16.6. The van der Waals surface area contributed by atoms with Crippen molar-refractivity contribution >= 4 is 0 Å². The maximum Gasteiger partial charge on any atom is 0.162 e. The maximum absolute atomic E-state index is 6.01. The number of para-hydroxylation sites is 2. The van der Waals surface area contributed by atoms with Gasteiger partial charge in [0.1, 0.15) is 6.10 Å². The van der Waals surface area contributed by atoms with Gasteiger partial charge in [0, 0.05) is 0 Å². The molecule has 1 aliphatic rings. The van der Waals surface area contributed by atoms with Crippen molar-refractivity contribution in [3.05, 3.63) is 60.2 Å². The first-order chi connectivity index (χ1) is 8.34. The van der Waals surface area contributed by atoms with E-state index >= 15 is 0 Å². The quantitative estimate of drug-likeness (QED) is 0.739. The minimum Gasteiger partial charge on any atom is -0.483 e. The van der Waals surface area contributed by atoms with Gasteiger partial charge in [-0.25, -0.2) is 0 Å². The summed E-state index contributed by atoms with van der Waals surface area (Å²) in [5, 5.41) is 0. The smallest absolute Gasteiger partial charge is 0.162 e. The van der Waals surface area contributed by atoms with Crippen LogP contribution >= 0.6 is 0 Å². The summed E-state index contributed by atoms with van der Waals surface area (Å²) in [5.41, 5.74) is 1.15. The van der Waals surface area contributed by atoms with Gasteiger partial charge >= 0.3 is 0 Å². The number of hydrogen-bond donors (Lipinski definition) is 0. The fraction of sp³-hybridized carbons (Fsp3) is 0.200. The molecule has 3 rings (SSSR count). The summed E-state index contributed by atoms with van der Waals surface area (Å²) in [5.74, 6) is 1.65. The van der Waals surface area contributed by atoms with Gasteiger partial charge in [-0.3, -0.25) is 0 Å². The summed E-state index contributed by atoms with van der Waals surface area (Å²) in [4.78, 5) is 0. The van der Waals surface area contributed by atoms with Crippen molar-refractivity contribution in [2.24, 2.45) is 0 Å². The molecule has 2 aromatic carbocycles. The van der Waals surface area contributed by atoms with Gasteiger partial charge in [0.05, 0.1) is 0 Å². The van der Waals surface area contributed by atoms with Gasteiger partial charge in [-0.05, 0) is 24.6 Å². The lowest BCUT2D eigenvalue weighted by Crippen LogP contribution is -2.30. The molecule has 1 heterocycles. The predicted octanol–water partition coefficient (Wildman–Crippen LogP) is 3.59. The third kappa shape index (κ3) is 1.86. The highest BCUT2D eigenvalue weighted by molar-refractivity contribution is 5.42. The van der Waals surface area contributed by atoms with Gasteiger partial charge in [-0.2, -0.15) is 0 Å². The van der Waals surface area contributed by atoms with Crippen LogP contribution in [0.4, 0.5) is 0 Å². The van der Waals surface area contributed by atoms with Crippen LogP contribution in [0.1, 0.15) is 18.6 Å². The Morgan fingerprint density at radius 3 is 2.06 bits per heavy atom. The van der Waals surface area contributed by atoms with Gasteiger partial charge in [0.15, 0.2) is 17.6 Å². The normalized spacial score (nSPS) is 22.2. The number of hydrogen-bond acceptors (Lipinski definition) is 2. The highest BCUT2D eigenvalue weighted by Crippen LogP contribution is 2.38. The molecule has 0 N–H and O–H groups in total. The lowest BCUT2D eigenvalue weighted by molar-refractivity contribution is 0.0307. The molecule has 0 spiro atoms. The molecule has 17 heavy (non-hydrogen) atoms. The molecule has 86 valence electrons. The molecule has 2 heteroatoms. The van der Waals surface area contributed by atoms with E-state index in [1.807, 2.05) is 49.4 Å². The molecular weight excluding hydrogens is 212 g/mol. The summed E-state index contributed by atoms with van der Waals surface area (Å²) >= 11 is 0. The van der Waals surface area contributed by atoms with E-state index in [0.717, 1.165) is 17.1 Å². The van der Waals surface area contributed by atoms with Crippen molar-refractivity contribution in [2.75, 3.05) is 0 Å². The Balaban J connectivity index is 1.95. The molecule has 0 bridgehead atoms. The fourth-order valence-electron chi connectivity index (χ4n) is 2.12. The lowest BCUT2D eigenvalue weighted by Gasteiger charge is -2.32. The molecule has 0 aromatic heterocycles. The van der Waals surface area contributed by atoms with Crippen molar-refractivity contribution in [1.82, 2.24) is 0 Å². The molecule has 0 saturated heterocycles. The van der Waals surface area contributed by atoms with Gasteiger partial charge in [0.2, 0.25) is 0 Å². The van der Waals surface area contributed by atoms with Crippen LogP contribution in [0, 0.1) is 0 Å². The zero-order valence-corrected chi connectivity index (χ0v) is 9.67. The Morgan fingerprint density at radius 2 is 1.35 bits per heavy atom. The maximum atomic E-state index is 6.01. The Kier molecular flexibility index (Phi) is 2.48. The molecule has 0 radical (unpaired) electrons. The Morgan fingerprint density at radius 1 is 0.765 bits per heavy atom. The number of fused-ring (bicyclic) bond motifs is 1. The molecule has 0 fully saturated rings. The predicted molar refractivity (Wildman–Crippen MR) is 66.3 cm³/mol. The van der Waals surface area contributed by atoms with Crippen molar-refractivity contribution < 1.29 is 9.47 Å². The zero-order chi connectivity index (χ0) is 11.7. The second-order valence-electron chi connectivity index (χ2n) is 4.22. The van der Waals surface area contributed by atoms with E-state index < -0.39 is 0 Å². The van der Waals surface area contributed by atoms with E-state index in [9.17, 15) is 0 Å². The Labute approximate surface area is 101 Å². The van der Waals surface area contributed by atoms with Crippen LogP contribution in [-0.2, 0) is 0 Å². The minimum absolute atomic E-state index is 0.0206. The van der Waals surface area contributed by atoms with Gasteiger partial charge in [-0.15, -0.1) is 0 Å². The highest BCUT2D eigenvalue weighted by Gasteiger charge is 2.28. The van der Waals surface area contributed by atoms with Crippen LogP contribution in [0.15, 0.2) is 54.6 Å². The van der Waals surface area contributed by atoms with E-state index in [2.05, 4.69) is 12.1 Å². The SMILES string of the molecule is C[C@@H]1Oc2ccccc2O[C@@H]1c1ccccc1. The third-order valence-electron chi connectivity index (χ3n) is 2.97. The summed E-state index contributed by atoms with van der Waals surface area (Å²) in [6, 6.07) is 18.0. The summed E-state index contributed by atoms with van der Waals surface area (Å²) in [6.07, 6.45) is -0.0154. The Hall–Kier alpha value is -1.96. The van der Waals surface area contributed by atoms with E-state index in [-0.39, 0.29) is 12.2 Å². The second-order valence-corrected chi connectivity index (χ2v) is 4.22. The fourth-order valence-corrected chi connectivity index (χ4v) is 2.12. The van der Waals surface area contributed by atoms with E-state index in [4.69, 9.17) is 9.47 Å². The first-order valence-corrected chi connectivity index (χ1v) is 5.82. The summed E-state index contributed by atoms with van der Waals surface area (Å²) in [6.45, 7) is 2.04. The molecule has 1 aliphatic heterocycles. The standard InChI is InChI=1S/C15H14O2/c1-11-15(12-7-3-2-4-8-12)17-14-10-6-5-9-13(14)16-11/h2-11,15H,1H3/t11-,15-/m0/s1. The number of rotatable bonds is 1. The van der Waals surface area contributed by atoms with Gasteiger partial charge < -0.3 is 9.47 Å².